The summed E-state index contributed by atoms with van der Waals surface area (Å²) < 4.78 is 0. The van der Waals surface area contributed by atoms with Gasteiger partial charge >= 0.3 is 0 Å². The Bertz CT molecular complexity index is 538. The van der Waals surface area contributed by atoms with Crippen LogP contribution < -0.4 is 0 Å². The van der Waals surface area contributed by atoms with Gasteiger partial charge in [-0.05, 0) is 56.1 Å². The standard InChI is InChI=1S/C17H21NS/c1-14-8-9-17(19-14)12-15-6-2-3-7-16(15)13-18-10-4-5-11-18/h2-3,6-9H,4-5,10-13H2,1H3. The highest BCUT2D eigenvalue weighted by Crippen LogP contribution is 2.22. The van der Waals surface area contributed by atoms with E-state index in [9.17, 15) is 0 Å². The molecule has 1 saturated heterocycles. The third-order valence-electron chi connectivity index (χ3n) is 3.87. The molecule has 2 heteroatoms. The summed E-state index contributed by atoms with van der Waals surface area (Å²) in [5.74, 6) is 0. The molecule has 1 fully saturated rings. The van der Waals surface area contributed by atoms with Crippen molar-refractivity contribution in [2.45, 2.75) is 32.7 Å². The van der Waals surface area contributed by atoms with Crippen molar-refractivity contribution >= 4 is 11.3 Å². The maximum absolute atomic E-state index is 2.58. The van der Waals surface area contributed by atoms with Crippen LogP contribution in [0.4, 0.5) is 0 Å². The first kappa shape index (κ1) is 12.9. The van der Waals surface area contributed by atoms with Crippen molar-refractivity contribution in [1.29, 1.82) is 0 Å². The Morgan fingerprint density at radius 2 is 1.74 bits per heavy atom. The number of nitrogens with zero attached hydrogens (tertiary/aromatic N) is 1. The molecule has 0 bridgehead atoms. The van der Waals surface area contributed by atoms with Gasteiger partial charge in [0.15, 0.2) is 0 Å². The summed E-state index contributed by atoms with van der Waals surface area (Å²) in [5, 5.41) is 0. The van der Waals surface area contributed by atoms with E-state index >= 15 is 0 Å². The first-order chi connectivity index (χ1) is 9.31. The molecule has 3 rings (SSSR count). The molecule has 1 nitrogen and oxygen atoms in total. The van der Waals surface area contributed by atoms with Gasteiger partial charge in [0.1, 0.15) is 0 Å². The van der Waals surface area contributed by atoms with Crippen LogP contribution in [0.5, 0.6) is 0 Å². The molecule has 0 saturated carbocycles. The lowest BCUT2D eigenvalue weighted by Gasteiger charge is -2.17. The molecule has 0 unspecified atom stereocenters. The lowest BCUT2D eigenvalue weighted by molar-refractivity contribution is 0.330. The highest BCUT2D eigenvalue weighted by Gasteiger charge is 2.13. The van der Waals surface area contributed by atoms with Crippen molar-refractivity contribution in [3.63, 3.8) is 0 Å². The van der Waals surface area contributed by atoms with Crippen molar-refractivity contribution in [3.05, 3.63) is 57.3 Å². The average molecular weight is 271 g/mol. The second kappa shape index (κ2) is 5.89. The Kier molecular flexibility index (Phi) is 4.00. The second-order valence-corrected chi connectivity index (χ2v) is 6.81. The molecule has 0 radical (unpaired) electrons. The van der Waals surface area contributed by atoms with Crippen LogP contribution in [0.25, 0.3) is 0 Å². The fourth-order valence-corrected chi connectivity index (χ4v) is 3.75. The number of rotatable bonds is 4. The summed E-state index contributed by atoms with van der Waals surface area (Å²) >= 11 is 1.92. The van der Waals surface area contributed by atoms with Crippen LogP contribution >= 0.6 is 11.3 Å². The molecular weight excluding hydrogens is 250 g/mol. The van der Waals surface area contributed by atoms with Crippen LogP contribution in [0, 0.1) is 6.92 Å². The number of hydrogen-bond acceptors (Lipinski definition) is 2. The van der Waals surface area contributed by atoms with Crippen LogP contribution in [0.3, 0.4) is 0 Å². The fourth-order valence-electron chi connectivity index (χ4n) is 2.83. The van der Waals surface area contributed by atoms with Crippen molar-refractivity contribution in [2.24, 2.45) is 0 Å². The zero-order valence-electron chi connectivity index (χ0n) is 11.6. The van der Waals surface area contributed by atoms with E-state index in [2.05, 4.69) is 48.2 Å². The van der Waals surface area contributed by atoms with E-state index in [1.807, 2.05) is 11.3 Å². The number of thiophene rings is 1. The third-order valence-corrected chi connectivity index (χ3v) is 4.87. The van der Waals surface area contributed by atoms with Crippen molar-refractivity contribution < 1.29 is 0 Å². The summed E-state index contributed by atoms with van der Waals surface area (Å²) in [6, 6.07) is 13.4. The van der Waals surface area contributed by atoms with Crippen LogP contribution in [-0.2, 0) is 13.0 Å². The van der Waals surface area contributed by atoms with Crippen molar-refractivity contribution in [1.82, 2.24) is 4.90 Å². The Labute approximate surface area is 119 Å². The molecule has 1 aromatic carbocycles. The van der Waals surface area contributed by atoms with E-state index in [0.29, 0.717) is 0 Å². The van der Waals surface area contributed by atoms with Gasteiger partial charge in [-0.2, -0.15) is 0 Å². The topological polar surface area (TPSA) is 3.24 Å². The highest BCUT2D eigenvalue weighted by atomic mass is 32.1. The van der Waals surface area contributed by atoms with E-state index in [4.69, 9.17) is 0 Å². The molecule has 2 aromatic rings. The molecule has 0 spiro atoms. The molecule has 2 heterocycles. The molecule has 0 amide bonds. The zero-order chi connectivity index (χ0) is 13.1. The number of likely N-dealkylation sites (tertiary alicyclic amines) is 1. The van der Waals surface area contributed by atoms with Crippen LogP contribution in [0.15, 0.2) is 36.4 Å². The average Bonchev–Trinajstić information content (AvgIpc) is 3.04. The van der Waals surface area contributed by atoms with Gasteiger partial charge in [-0.3, -0.25) is 4.90 Å². The summed E-state index contributed by atoms with van der Waals surface area (Å²) in [5.41, 5.74) is 3.01. The Morgan fingerprint density at radius 1 is 1.00 bits per heavy atom. The SMILES string of the molecule is Cc1ccc(Cc2ccccc2CN2CCCC2)s1. The first-order valence-corrected chi connectivity index (χ1v) is 7.97. The summed E-state index contributed by atoms with van der Waals surface area (Å²) in [6.07, 6.45) is 3.82. The maximum atomic E-state index is 2.58. The van der Waals surface area contributed by atoms with Crippen LogP contribution in [0.2, 0.25) is 0 Å². The Hall–Kier alpha value is -1.12. The van der Waals surface area contributed by atoms with Gasteiger partial charge in [0.2, 0.25) is 0 Å². The summed E-state index contributed by atoms with van der Waals surface area (Å²) in [6.45, 7) is 5.85. The van der Waals surface area contributed by atoms with E-state index in [1.54, 1.807) is 0 Å². The van der Waals surface area contributed by atoms with Gasteiger partial charge in [0, 0.05) is 22.7 Å². The lowest BCUT2D eigenvalue weighted by atomic mass is 10.0. The molecule has 19 heavy (non-hydrogen) atoms. The van der Waals surface area contributed by atoms with Crippen molar-refractivity contribution in [3.8, 4) is 0 Å². The normalized spacial score (nSPS) is 16.1. The van der Waals surface area contributed by atoms with E-state index in [0.717, 1.165) is 13.0 Å². The largest absolute Gasteiger partial charge is 0.299 e. The van der Waals surface area contributed by atoms with Crippen molar-refractivity contribution in [2.75, 3.05) is 13.1 Å². The summed E-state index contributed by atoms with van der Waals surface area (Å²) in [4.78, 5) is 5.47. The van der Waals surface area contributed by atoms with Gasteiger partial charge in [-0.1, -0.05) is 24.3 Å². The van der Waals surface area contributed by atoms with Gasteiger partial charge in [-0.15, -0.1) is 11.3 Å². The third kappa shape index (κ3) is 3.26. The predicted octanol–water partition coefficient (Wildman–Crippen LogP) is 4.24. The molecule has 100 valence electrons. The second-order valence-electron chi connectivity index (χ2n) is 5.44. The minimum Gasteiger partial charge on any atom is -0.299 e. The van der Waals surface area contributed by atoms with Gasteiger partial charge < -0.3 is 0 Å². The number of benzene rings is 1. The molecule has 1 aliphatic rings. The maximum Gasteiger partial charge on any atom is 0.0236 e. The van der Waals surface area contributed by atoms with Gasteiger partial charge in [0.05, 0.1) is 0 Å². The predicted molar refractivity (Wildman–Crippen MR) is 82.8 cm³/mol. The van der Waals surface area contributed by atoms with Crippen LogP contribution in [-0.4, -0.2) is 18.0 Å². The molecule has 1 aromatic heterocycles. The molecule has 0 atom stereocenters. The smallest absolute Gasteiger partial charge is 0.0236 e. The molecule has 0 N–H and O–H groups in total. The fraction of sp³-hybridized carbons (Fsp3) is 0.412. The zero-order valence-corrected chi connectivity index (χ0v) is 12.4. The minimum atomic E-state index is 1.09. The monoisotopic (exact) mass is 271 g/mol. The Morgan fingerprint density at radius 3 is 2.42 bits per heavy atom. The lowest BCUT2D eigenvalue weighted by Crippen LogP contribution is -2.19. The summed E-state index contributed by atoms with van der Waals surface area (Å²) in [7, 11) is 0. The number of aryl methyl sites for hydroxylation is 1. The van der Waals surface area contributed by atoms with Crippen LogP contribution in [0.1, 0.15) is 33.7 Å². The minimum absolute atomic E-state index is 1.09. The van der Waals surface area contributed by atoms with Gasteiger partial charge in [0.25, 0.3) is 0 Å². The molecule has 0 aliphatic carbocycles. The molecular formula is C17H21NS. The Balaban J connectivity index is 1.76. The highest BCUT2D eigenvalue weighted by molar-refractivity contribution is 7.11. The van der Waals surface area contributed by atoms with E-state index in [-0.39, 0.29) is 0 Å². The quantitative estimate of drug-likeness (QED) is 0.804. The van der Waals surface area contributed by atoms with E-state index < -0.39 is 0 Å². The van der Waals surface area contributed by atoms with Gasteiger partial charge in [-0.25, -0.2) is 0 Å². The van der Waals surface area contributed by atoms with E-state index in [1.165, 1.54) is 46.8 Å². The molecule has 1 aliphatic heterocycles. The first-order valence-electron chi connectivity index (χ1n) is 7.16. The number of hydrogen-bond donors (Lipinski definition) is 0.